The van der Waals surface area contributed by atoms with Crippen LogP contribution in [-0.2, 0) is 4.79 Å². The molecule has 6 nitrogen and oxygen atoms in total. The number of hydrogen-bond donors (Lipinski definition) is 1. The quantitative estimate of drug-likeness (QED) is 0.903. The number of carbonyl (C=O) groups excluding carboxylic acids is 1. The highest BCUT2D eigenvalue weighted by atomic mass is 16.4. The van der Waals surface area contributed by atoms with Crippen LogP contribution in [-0.4, -0.2) is 40.0 Å². The van der Waals surface area contributed by atoms with E-state index in [9.17, 15) is 9.59 Å². The highest BCUT2D eigenvalue weighted by Gasteiger charge is 2.19. The summed E-state index contributed by atoms with van der Waals surface area (Å²) in [6.45, 7) is 4.24. The van der Waals surface area contributed by atoms with Gasteiger partial charge in [-0.3, -0.25) is 9.59 Å². The SMILES string of the molecule is CCN(CCC(=O)O)C(=O)c1cc2nc(C)ccc2o1. The minimum absolute atomic E-state index is 0.0861. The maximum absolute atomic E-state index is 12.3. The number of pyridine rings is 1. The lowest BCUT2D eigenvalue weighted by Gasteiger charge is -2.18. The smallest absolute Gasteiger partial charge is 0.305 e. The summed E-state index contributed by atoms with van der Waals surface area (Å²) in [5.74, 6) is -1.06. The zero-order valence-electron chi connectivity index (χ0n) is 11.4. The normalized spacial score (nSPS) is 10.7. The lowest BCUT2D eigenvalue weighted by Crippen LogP contribution is -2.32. The van der Waals surface area contributed by atoms with E-state index in [2.05, 4.69) is 4.98 Å². The molecular formula is C14H16N2O4. The van der Waals surface area contributed by atoms with Gasteiger partial charge in [-0.05, 0) is 26.0 Å². The van der Waals surface area contributed by atoms with Gasteiger partial charge in [-0.15, -0.1) is 0 Å². The molecule has 6 heteroatoms. The summed E-state index contributed by atoms with van der Waals surface area (Å²) in [5.41, 5.74) is 2.02. The van der Waals surface area contributed by atoms with Crippen LogP contribution in [0.15, 0.2) is 22.6 Å². The van der Waals surface area contributed by atoms with E-state index in [1.165, 1.54) is 4.90 Å². The molecule has 2 aromatic heterocycles. The van der Waals surface area contributed by atoms with Crippen LogP contribution in [0.2, 0.25) is 0 Å². The van der Waals surface area contributed by atoms with Crippen LogP contribution in [0.4, 0.5) is 0 Å². The van der Waals surface area contributed by atoms with Gasteiger partial charge in [0.15, 0.2) is 11.3 Å². The number of furan rings is 1. The second-order valence-electron chi connectivity index (χ2n) is 4.48. The van der Waals surface area contributed by atoms with Crippen molar-refractivity contribution in [1.29, 1.82) is 0 Å². The van der Waals surface area contributed by atoms with Gasteiger partial charge in [0.05, 0.1) is 6.42 Å². The summed E-state index contributed by atoms with van der Waals surface area (Å²) >= 11 is 0. The van der Waals surface area contributed by atoms with E-state index in [1.54, 1.807) is 19.1 Å². The Bertz CT molecular complexity index is 648. The Hall–Kier alpha value is -2.37. The minimum atomic E-state index is -0.932. The zero-order valence-corrected chi connectivity index (χ0v) is 11.4. The Balaban J connectivity index is 2.22. The summed E-state index contributed by atoms with van der Waals surface area (Å²) < 4.78 is 5.47. The van der Waals surface area contributed by atoms with Crippen LogP contribution in [0, 0.1) is 6.92 Å². The van der Waals surface area contributed by atoms with Crippen molar-refractivity contribution >= 4 is 23.0 Å². The molecule has 2 rings (SSSR count). The summed E-state index contributed by atoms with van der Waals surface area (Å²) in [6.07, 6.45) is -0.0861. The first kappa shape index (κ1) is 14.0. The van der Waals surface area contributed by atoms with Crippen LogP contribution < -0.4 is 0 Å². The highest BCUT2D eigenvalue weighted by molar-refractivity contribution is 5.95. The number of fused-ring (bicyclic) bond motifs is 1. The molecule has 0 atom stereocenters. The number of carboxylic acids is 1. The second-order valence-corrected chi connectivity index (χ2v) is 4.48. The van der Waals surface area contributed by atoms with Crippen molar-refractivity contribution in [2.45, 2.75) is 20.3 Å². The Morgan fingerprint density at radius 2 is 2.15 bits per heavy atom. The van der Waals surface area contributed by atoms with Crippen molar-refractivity contribution in [2.75, 3.05) is 13.1 Å². The lowest BCUT2D eigenvalue weighted by molar-refractivity contribution is -0.137. The van der Waals surface area contributed by atoms with E-state index >= 15 is 0 Å². The van der Waals surface area contributed by atoms with Crippen LogP contribution >= 0.6 is 0 Å². The van der Waals surface area contributed by atoms with Crippen molar-refractivity contribution in [3.63, 3.8) is 0 Å². The van der Waals surface area contributed by atoms with Gasteiger partial charge in [0.2, 0.25) is 0 Å². The third-order valence-corrected chi connectivity index (χ3v) is 2.99. The molecule has 2 aromatic rings. The molecule has 0 unspecified atom stereocenters. The van der Waals surface area contributed by atoms with Crippen molar-refractivity contribution in [3.8, 4) is 0 Å². The van der Waals surface area contributed by atoms with E-state index in [-0.39, 0.29) is 24.6 Å². The molecule has 0 radical (unpaired) electrons. The fourth-order valence-corrected chi connectivity index (χ4v) is 1.92. The molecule has 0 bridgehead atoms. The van der Waals surface area contributed by atoms with E-state index in [4.69, 9.17) is 9.52 Å². The van der Waals surface area contributed by atoms with E-state index < -0.39 is 5.97 Å². The van der Waals surface area contributed by atoms with Crippen LogP contribution in [0.5, 0.6) is 0 Å². The van der Waals surface area contributed by atoms with Gasteiger partial charge in [0.1, 0.15) is 5.52 Å². The van der Waals surface area contributed by atoms with Crippen LogP contribution in [0.1, 0.15) is 29.6 Å². The number of hydrogen-bond acceptors (Lipinski definition) is 4. The molecule has 0 spiro atoms. The molecule has 0 fully saturated rings. The van der Waals surface area contributed by atoms with Gasteiger partial charge >= 0.3 is 5.97 Å². The van der Waals surface area contributed by atoms with Crippen molar-refractivity contribution in [2.24, 2.45) is 0 Å². The predicted molar refractivity (Wildman–Crippen MR) is 72.6 cm³/mol. The Kier molecular flexibility index (Phi) is 4.02. The molecule has 0 aliphatic carbocycles. The van der Waals surface area contributed by atoms with E-state index in [1.807, 2.05) is 13.0 Å². The number of carbonyl (C=O) groups is 2. The van der Waals surface area contributed by atoms with Gasteiger partial charge < -0.3 is 14.4 Å². The van der Waals surface area contributed by atoms with Crippen LogP contribution in [0.25, 0.3) is 11.1 Å². The molecule has 0 aliphatic rings. The van der Waals surface area contributed by atoms with Crippen molar-refractivity contribution in [1.82, 2.24) is 9.88 Å². The molecule has 0 saturated heterocycles. The largest absolute Gasteiger partial charge is 0.481 e. The van der Waals surface area contributed by atoms with Crippen molar-refractivity contribution in [3.05, 3.63) is 29.7 Å². The fourth-order valence-electron chi connectivity index (χ4n) is 1.92. The average Bonchev–Trinajstić information content (AvgIpc) is 2.81. The second kappa shape index (κ2) is 5.73. The standard InChI is InChI=1S/C14H16N2O4/c1-3-16(7-6-13(17)18)14(19)12-8-10-11(20-12)5-4-9(2)15-10/h4-5,8H,3,6-7H2,1-2H3,(H,17,18). The average molecular weight is 276 g/mol. The number of carboxylic acid groups (broad SMARTS) is 1. The molecule has 2 heterocycles. The molecule has 1 N–H and O–H groups in total. The zero-order chi connectivity index (χ0) is 14.7. The summed E-state index contributed by atoms with van der Waals surface area (Å²) in [7, 11) is 0. The highest BCUT2D eigenvalue weighted by Crippen LogP contribution is 2.19. The molecule has 20 heavy (non-hydrogen) atoms. The summed E-state index contributed by atoms with van der Waals surface area (Å²) in [6, 6.07) is 5.16. The maximum Gasteiger partial charge on any atom is 0.305 e. The Morgan fingerprint density at radius 1 is 1.40 bits per heavy atom. The minimum Gasteiger partial charge on any atom is -0.481 e. The molecule has 0 aliphatic heterocycles. The third-order valence-electron chi connectivity index (χ3n) is 2.99. The number of aliphatic carboxylic acids is 1. The first-order valence-corrected chi connectivity index (χ1v) is 6.39. The van der Waals surface area contributed by atoms with E-state index in [0.29, 0.717) is 17.6 Å². The monoisotopic (exact) mass is 276 g/mol. The number of nitrogens with zero attached hydrogens (tertiary/aromatic N) is 2. The molecular weight excluding hydrogens is 260 g/mol. The van der Waals surface area contributed by atoms with Gasteiger partial charge in [-0.1, -0.05) is 0 Å². The summed E-state index contributed by atoms with van der Waals surface area (Å²) in [4.78, 5) is 28.6. The summed E-state index contributed by atoms with van der Waals surface area (Å²) in [5, 5.41) is 8.68. The number of amides is 1. The first-order valence-electron chi connectivity index (χ1n) is 6.39. The number of rotatable bonds is 5. The maximum atomic E-state index is 12.3. The first-order chi connectivity index (χ1) is 9.51. The van der Waals surface area contributed by atoms with Gasteiger partial charge in [-0.2, -0.15) is 0 Å². The molecule has 1 amide bonds. The molecule has 0 aromatic carbocycles. The van der Waals surface area contributed by atoms with Gasteiger partial charge in [0.25, 0.3) is 5.91 Å². The molecule has 0 saturated carbocycles. The topological polar surface area (TPSA) is 83.6 Å². The van der Waals surface area contributed by atoms with Crippen LogP contribution in [0.3, 0.4) is 0 Å². The Morgan fingerprint density at radius 3 is 2.80 bits per heavy atom. The van der Waals surface area contributed by atoms with Gasteiger partial charge in [-0.25, -0.2) is 4.98 Å². The van der Waals surface area contributed by atoms with E-state index in [0.717, 1.165) is 5.69 Å². The Labute approximate surface area is 116 Å². The number of aryl methyl sites for hydroxylation is 1. The van der Waals surface area contributed by atoms with Crippen molar-refractivity contribution < 1.29 is 19.1 Å². The predicted octanol–water partition coefficient (Wildman–Crippen LogP) is 2.07. The molecule has 106 valence electrons. The lowest BCUT2D eigenvalue weighted by atomic mass is 10.3. The fraction of sp³-hybridized carbons (Fsp3) is 0.357. The van der Waals surface area contributed by atoms with Gasteiger partial charge in [0, 0.05) is 24.8 Å². The number of aromatic nitrogens is 1. The third kappa shape index (κ3) is 2.96.